The third-order valence-electron chi connectivity index (χ3n) is 2.65. The van der Waals surface area contributed by atoms with Crippen molar-refractivity contribution in [3.63, 3.8) is 0 Å². The predicted octanol–water partition coefficient (Wildman–Crippen LogP) is 3.55. The molecule has 0 unspecified atom stereocenters. The van der Waals surface area contributed by atoms with Gasteiger partial charge in [-0.2, -0.15) is 0 Å². The van der Waals surface area contributed by atoms with Crippen LogP contribution in [0.2, 0.25) is 0 Å². The molecule has 17 heavy (non-hydrogen) atoms. The molecule has 0 spiro atoms. The van der Waals surface area contributed by atoms with E-state index in [1.807, 2.05) is 31.3 Å². The van der Waals surface area contributed by atoms with Crippen LogP contribution in [0, 0.1) is 6.92 Å². The first-order valence-electron chi connectivity index (χ1n) is 5.59. The first-order chi connectivity index (χ1) is 8.20. The molecule has 0 bridgehead atoms. The number of rotatable bonds is 4. The van der Waals surface area contributed by atoms with E-state index in [9.17, 15) is 0 Å². The molecule has 0 aliphatic heterocycles. The van der Waals surface area contributed by atoms with Crippen LogP contribution in [-0.4, -0.2) is 9.55 Å². The molecule has 0 saturated heterocycles. The number of halogens is 1. The van der Waals surface area contributed by atoms with Gasteiger partial charge in [-0.15, -0.1) is 0 Å². The fourth-order valence-electron chi connectivity index (χ4n) is 1.64. The average Bonchev–Trinajstić information content (AvgIpc) is 2.77. The predicted molar refractivity (Wildman–Crippen MR) is 71.1 cm³/mol. The normalized spacial score (nSPS) is 10.5. The van der Waals surface area contributed by atoms with E-state index in [-0.39, 0.29) is 0 Å². The van der Waals surface area contributed by atoms with Gasteiger partial charge in [0.25, 0.3) is 0 Å². The van der Waals surface area contributed by atoms with Crippen LogP contribution in [-0.2, 0) is 13.2 Å². The van der Waals surface area contributed by atoms with Crippen LogP contribution in [0.5, 0.6) is 5.75 Å². The zero-order valence-electron chi connectivity index (χ0n) is 9.98. The molecule has 90 valence electrons. The Balaban J connectivity index is 2.09. The minimum Gasteiger partial charge on any atom is -0.485 e. The second kappa shape index (κ2) is 5.36. The highest BCUT2D eigenvalue weighted by molar-refractivity contribution is 9.10. The Morgan fingerprint density at radius 2 is 2.24 bits per heavy atom. The Hall–Kier alpha value is -1.29. The molecule has 1 heterocycles. The molecular formula is C13H15BrN2O. The second-order valence-electron chi connectivity index (χ2n) is 3.83. The Bertz CT molecular complexity index is 508. The van der Waals surface area contributed by atoms with Crippen molar-refractivity contribution in [2.45, 2.75) is 27.0 Å². The van der Waals surface area contributed by atoms with Crippen LogP contribution < -0.4 is 4.74 Å². The first kappa shape index (κ1) is 12.2. The van der Waals surface area contributed by atoms with E-state index in [1.54, 1.807) is 6.20 Å². The summed E-state index contributed by atoms with van der Waals surface area (Å²) in [7, 11) is 0. The van der Waals surface area contributed by atoms with Crippen molar-refractivity contribution in [2.75, 3.05) is 0 Å². The molecule has 2 rings (SSSR count). The van der Waals surface area contributed by atoms with Gasteiger partial charge in [-0.3, -0.25) is 0 Å². The standard InChI is InChI=1S/C13H15BrN2O/c1-3-16-7-6-15-13(16)9-17-12-8-11(14)5-4-10(12)2/h4-8H,3,9H2,1-2H3. The van der Waals surface area contributed by atoms with Crippen LogP contribution in [0.1, 0.15) is 18.3 Å². The third kappa shape index (κ3) is 2.88. The van der Waals surface area contributed by atoms with Gasteiger partial charge in [-0.1, -0.05) is 22.0 Å². The van der Waals surface area contributed by atoms with Crippen LogP contribution in [0.4, 0.5) is 0 Å². The molecule has 0 atom stereocenters. The van der Waals surface area contributed by atoms with E-state index in [1.165, 1.54) is 0 Å². The lowest BCUT2D eigenvalue weighted by atomic mass is 10.2. The van der Waals surface area contributed by atoms with Crippen molar-refractivity contribution in [2.24, 2.45) is 0 Å². The molecule has 0 amide bonds. The van der Waals surface area contributed by atoms with Crippen LogP contribution in [0.3, 0.4) is 0 Å². The summed E-state index contributed by atoms with van der Waals surface area (Å²) < 4.78 is 8.89. The van der Waals surface area contributed by atoms with Gasteiger partial charge in [0.1, 0.15) is 18.2 Å². The average molecular weight is 295 g/mol. The largest absolute Gasteiger partial charge is 0.485 e. The molecule has 1 aromatic heterocycles. The lowest BCUT2D eigenvalue weighted by molar-refractivity contribution is 0.288. The molecule has 0 radical (unpaired) electrons. The van der Waals surface area contributed by atoms with E-state index < -0.39 is 0 Å². The van der Waals surface area contributed by atoms with E-state index in [4.69, 9.17) is 4.74 Å². The van der Waals surface area contributed by atoms with Crippen molar-refractivity contribution in [1.82, 2.24) is 9.55 Å². The van der Waals surface area contributed by atoms with Crippen molar-refractivity contribution < 1.29 is 4.74 Å². The van der Waals surface area contributed by atoms with Gasteiger partial charge < -0.3 is 9.30 Å². The Labute approximate surface area is 110 Å². The summed E-state index contributed by atoms with van der Waals surface area (Å²) in [5.41, 5.74) is 1.13. The summed E-state index contributed by atoms with van der Waals surface area (Å²) in [5.74, 6) is 1.84. The number of imidazole rings is 1. The van der Waals surface area contributed by atoms with Gasteiger partial charge in [-0.25, -0.2) is 4.98 Å². The zero-order valence-corrected chi connectivity index (χ0v) is 11.6. The molecule has 0 aliphatic rings. The number of aryl methyl sites for hydroxylation is 2. The number of hydrogen-bond acceptors (Lipinski definition) is 2. The van der Waals surface area contributed by atoms with E-state index in [0.717, 1.165) is 28.2 Å². The fourth-order valence-corrected chi connectivity index (χ4v) is 1.98. The monoisotopic (exact) mass is 294 g/mol. The summed E-state index contributed by atoms with van der Waals surface area (Å²) in [5, 5.41) is 0. The Morgan fingerprint density at radius 3 is 3.00 bits per heavy atom. The number of benzene rings is 1. The SMILES string of the molecule is CCn1ccnc1COc1cc(Br)ccc1C. The van der Waals surface area contributed by atoms with E-state index in [0.29, 0.717) is 6.61 Å². The summed E-state index contributed by atoms with van der Waals surface area (Å²) >= 11 is 3.44. The van der Waals surface area contributed by atoms with Crippen molar-refractivity contribution in [3.8, 4) is 5.75 Å². The summed E-state index contributed by atoms with van der Waals surface area (Å²) in [6.07, 6.45) is 3.77. The quantitative estimate of drug-likeness (QED) is 0.862. The molecule has 0 fully saturated rings. The topological polar surface area (TPSA) is 27.1 Å². The van der Waals surface area contributed by atoms with Crippen LogP contribution in [0.15, 0.2) is 35.1 Å². The Kier molecular flexibility index (Phi) is 3.84. The maximum Gasteiger partial charge on any atom is 0.146 e. The van der Waals surface area contributed by atoms with Gasteiger partial charge in [0.05, 0.1) is 0 Å². The Morgan fingerprint density at radius 1 is 1.41 bits per heavy atom. The van der Waals surface area contributed by atoms with Crippen molar-refractivity contribution in [3.05, 3.63) is 46.5 Å². The molecule has 0 aliphatic carbocycles. The molecule has 2 aromatic rings. The van der Waals surface area contributed by atoms with E-state index >= 15 is 0 Å². The molecular weight excluding hydrogens is 280 g/mol. The number of hydrogen-bond donors (Lipinski definition) is 0. The molecule has 0 saturated carbocycles. The van der Waals surface area contributed by atoms with Gasteiger partial charge >= 0.3 is 0 Å². The minimum absolute atomic E-state index is 0.498. The zero-order chi connectivity index (χ0) is 12.3. The second-order valence-corrected chi connectivity index (χ2v) is 4.74. The lowest BCUT2D eigenvalue weighted by Crippen LogP contribution is -2.05. The highest BCUT2D eigenvalue weighted by Gasteiger charge is 2.04. The minimum atomic E-state index is 0.498. The third-order valence-corrected chi connectivity index (χ3v) is 3.14. The smallest absolute Gasteiger partial charge is 0.146 e. The first-order valence-corrected chi connectivity index (χ1v) is 6.39. The van der Waals surface area contributed by atoms with Gasteiger partial charge in [0, 0.05) is 23.4 Å². The van der Waals surface area contributed by atoms with Crippen LogP contribution in [0.25, 0.3) is 0 Å². The summed E-state index contributed by atoms with van der Waals surface area (Å²) in [6, 6.07) is 6.02. The lowest BCUT2D eigenvalue weighted by Gasteiger charge is -2.10. The van der Waals surface area contributed by atoms with Crippen molar-refractivity contribution >= 4 is 15.9 Å². The highest BCUT2D eigenvalue weighted by atomic mass is 79.9. The number of aromatic nitrogens is 2. The molecule has 3 nitrogen and oxygen atoms in total. The van der Waals surface area contributed by atoms with Crippen LogP contribution >= 0.6 is 15.9 Å². The van der Waals surface area contributed by atoms with Crippen molar-refractivity contribution in [1.29, 1.82) is 0 Å². The fraction of sp³-hybridized carbons (Fsp3) is 0.308. The number of ether oxygens (including phenoxy) is 1. The van der Waals surface area contributed by atoms with E-state index in [2.05, 4.69) is 32.4 Å². The molecule has 0 N–H and O–H groups in total. The number of nitrogens with zero attached hydrogens (tertiary/aromatic N) is 2. The molecule has 4 heteroatoms. The summed E-state index contributed by atoms with van der Waals surface area (Å²) in [4.78, 5) is 4.28. The molecule has 1 aromatic carbocycles. The highest BCUT2D eigenvalue weighted by Crippen LogP contribution is 2.23. The maximum atomic E-state index is 5.79. The van der Waals surface area contributed by atoms with Gasteiger partial charge in [0.2, 0.25) is 0 Å². The van der Waals surface area contributed by atoms with Gasteiger partial charge in [0.15, 0.2) is 0 Å². The van der Waals surface area contributed by atoms with Gasteiger partial charge in [-0.05, 0) is 31.5 Å². The summed E-state index contributed by atoms with van der Waals surface area (Å²) in [6.45, 7) is 5.54. The maximum absolute atomic E-state index is 5.79.